The molecule has 0 heterocycles. The summed E-state index contributed by atoms with van der Waals surface area (Å²) in [6.45, 7) is 2.25. The number of benzene rings is 1. The van der Waals surface area contributed by atoms with E-state index in [-0.39, 0.29) is 35.4 Å². The van der Waals surface area contributed by atoms with Crippen LogP contribution in [0.3, 0.4) is 0 Å². The third kappa shape index (κ3) is 13.0. The first-order valence-electron chi connectivity index (χ1n) is 9.33. The fourth-order valence-electron chi connectivity index (χ4n) is 3.39. The lowest BCUT2D eigenvalue weighted by atomic mass is 9.80. The van der Waals surface area contributed by atoms with Crippen LogP contribution in [0.15, 0.2) is 29.2 Å². The van der Waals surface area contributed by atoms with Crippen molar-refractivity contribution in [2.75, 3.05) is 0 Å². The van der Waals surface area contributed by atoms with Crippen LogP contribution in [0.2, 0.25) is 5.02 Å². The van der Waals surface area contributed by atoms with E-state index in [1.807, 2.05) is 24.3 Å². The molecule has 0 bridgehead atoms. The summed E-state index contributed by atoms with van der Waals surface area (Å²) in [5, 5.41) is 0.627. The number of carbonyl (C=O) groups excluding carboxylic acids is 1. The van der Waals surface area contributed by atoms with Crippen molar-refractivity contribution >= 4 is 29.6 Å². The molecule has 0 aromatic heterocycles. The summed E-state index contributed by atoms with van der Waals surface area (Å²) < 4.78 is 5.40. The lowest BCUT2D eigenvalue weighted by Gasteiger charge is -2.26. The van der Waals surface area contributed by atoms with Crippen LogP contribution in [0.25, 0.3) is 0 Å². The smallest absolute Gasteiger partial charge is 0.321 e. The first-order chi connectivity index (χ1) is 11.7. The molecule has 1 fully saturated rings. The zero-order valence-corrected chi connectivity index (χ0v) is 18.3. The summed E-state index contributed by atoms with van der Waals surface area (Å²) in [6.07, 6.45) is 12.4. The van der Waals surface area contributed by atoms with E-state index in [1.165, 1.54) is 51.4 Å². The molecule has 29 heavy (non-hydrogen) atoms. The SMILES string of the molecule is CCCCCCCC1CCC(C(=O)OSc2ccccc2Cl)CC1.F.F.F.F.F. The van der Waals surface area contributed by atoms with Crippen LogP contribution in [0.4, 0.5) is 23.5 Å². The summed E-state index contributed by atoms with van der Waals surface area (Å²) in [4.78, 5) is 13.0. The lowest BCUT2D eigenvalue weighted by molar-refractivity contribution is -0.138. The van der Waals surface area contributed by atoms with E-state index in [0.717, 1.165) is 35.7 Å². The highest BCUT2D eigenvalue weighted by Crippen LogP contribution is 2.35. The minimum atomic E-state index is -0.0821. The van der Waals surface area contributed by atoms with Crippen LogP contribution in [-0.2, 0) is 8.98 Å². The molecule has 0 spiro atoms. The first kappa shape index (κ1) is 35.4. The van der Waals surface area contributed by atoms with Crippen molar-refractivity contribution in [3.63, 3.8) is 0 Å². The van der Waals surface area contributed by atoms with E-state index in [0.29, 0.717) is 5.02 Å². The summed E-state index contributed by atoms with van der Waals surface area (Å²) in [6, 6.07) is 7.45. The zero-order chi connectivity index (χ0) is 17.2. The van der Waals surface area contributed by atoms with E-state index in [9.17, 15) is 4.79 Å². The van der Waals surface area contributed by atoms with E-state index >= 15 is 0 Å². The molecular weight excluding hydrogens is 435 g/mol. The molecule has 0 saturated heterocycles. The van der Waals surface area contributed by atoms with E-state index in [2.05, 4.69) is 6.92 Å². The van der Waals surface area contributed by atoms with E-state index in [4.69, 9.17) is 15.8 Å². The minimum absolute atomic E-state index is 0. The van der Waals surface area contributed by atoms with Crippen molar-refractivity contribution < 1.29 is 32.5 Å². The Balaban J connectivity index is -0.000000625. The third-order valence-electron chi connectivity index (χ3n) is 4.95. The quantitative estimate of drug-likeness (QED) is 0.210. The van der Waals surface area contributed by atoms with Gasteiger partial charge in [0.05, 0.1) is 27.9 Å². The Bertz CT molecular complexity index is 517. The Morgan fingerprint density at radius 1 is 0.966 bits per heavy atom. The monoisotopic (exact) mass is 468 g/mol. The Hall–Kier alpha value is -1.02. The van der Waals surface area contributed by atoms with Gasteiger partial charge >= 0.3 is 5.97 Å². The van der Waals surface area contributed by atoms with Gasteiger partial charge in [0.15, 0.2) is 0 Å². The topological polar surface area (TPSA) is 26.3 Å². The molecule has 9 heteroatoms. The van der Waals surface area contributed by atoms with Crippen LogP contribution >= 0.6 is 23.6 Å². The maximum Gasteiger partial charge on any atom is 0.321 e. The average molecular weight is 469 g/mol. The molecule has 1 aromatic carbocycles. The molecular formula is C20H34ClF5O2S. The Labute approximate surface area is 179 Å². The van der Waals surface area contributed by atoms with Gasteiger partial charge in [-0.25, -0.2) is 0 Å². The highest BCUT2D eigenvalue weighted by atomic mass is 35.5. The predicted octanol–water partition coefficient (Wildman–Crippen LogP) is 7.82. The van der Waals surface area contributed by atoms with Gasteiger partial charge in [-0.15, -0.1) is 0 Å². The van der Waals surface area contributed by atoms with Gasteiger partial charge in [0.2, 0.25) is 0 Å². The summed E-state index contributed by atoms with van der Waals surface area (Å²) >= 11 is 7.17. The van der Waals surface area contributed by atoms with Gasteiger partial charge in [0.25, 0.3) is 0 Å². The maximum atomic E-state index is 12.2. The minimum Gasteiger partial charge on any atom is -0.386 e. The molecule has 2 rings (SSSR count). The summed E-state index contributed by atoms with van der Waals surface area (Å²) in [7, 11) is 0. The molecule has 0 amide bonds. The van der Waals surface area contributed by atoms with Crippen LogP contribution < -0.4 is 0 Å². The second kappa shape index (κ2) is 20.3. The van der Waals surface area contributed by atoms with Gasteiger partial charge in [0, 0.05) is 0 Å². The molecule has 1 aromatic rings. The van der Waals surface area contributed by atoms with Crippen molar-refractivity contribution in [1.29, 1.82) is 0 Å². The normalized spacial score (nSPS) is 17.2. The van der Waals surface area contributed by atoms with Crippen molar-refractivity contribution in [3.8, 4) is 0 Å². The second-order valence-corrected chi connectivity index (χ2v) is 8.02. The molecule has 174 valence electrons. The highest BCUT2D eigenvalue weighted by Gasteiger charge is 2.27. The molecule has 1 aliphatic carbocycles. The number of carbonyl (C=O) groups is 1. The molecule has 0 N–H and O–H groups in total. The third-order valence-corrected chi connectivity index (χ3v) is 6.17. The van der Waals surface area contributed by atoms with Gasteiger partial charge in [-0.1, -0.05) is 69.2 Å². The maximum absolute atomic E-state index is 12.2. The highest BCUT2D eigenvalue weighted by molar-refractivity contribution is 7.95. The van der Waals surface area contributed by atoms with Gasteiger partial charge in [-0.2, -0.15) is 0 Å². The van der Waals surface area contributed by atoms with Gasteiger partial charge in [-0.3, -0.25) is 28.3 Å². The molecule has 1 aliphatic rings. The molecule has 1 saturated carbocycles. The molecule has 0 aliphatic heterocycles. The summed E-state index contributed by atoms with van der Waals surface area (Å²) in [5.41, 5.74) is 0. The molecule has 0 unspecified atom stereocenters. The summed E-state index contributed by atoms with van der Waals surface area (Å²) in [5.74, 6) is 0.796. The average Bonchev–Trinajstić information content (AvgIpc) is 2.61. The van der Waals surface area contributed by atoms with E-state index in [1.54, 1.807) is 0 Å². The molecule has 0 atom stereocenters. The lowest BCUT2D eigenvalue weighted by Crippen LogP contribution is -2.22. The molecule has 0 radical (unpaired) electrons. The van der Waals surface area contributed by atoms with Crippen LogP contribution in [-0.4, -0.2) is 5.97 Å². The number of hydrogen-bond acceptors (Lipinski definition) is 3. The van der Waals surface area contributed by atoms with Crippen LogP contribution in [0.5, 0.6) is 0 Å². The fourth-order valence-corrected chi connectivity index (χ4v) is 4.21. The number of halogens is 6. The van der Waals surface area contributed by atoms with E-state index < -0.39 is 0 Å². The van der Waals surface area contributed by atoms with Crippen LogP contribution in [0, 0.1) is 11.8 Å². The number of unbranched alkanes of at least 4 members (excludes halogenated alkanes) is 4. The Kier molecular flexibility index (Phi) is 24.7. The Morgan fingerprint density at radius 3 is 2.14 bits per heavy atom. The van der Waals surface area contributed by atoms with Gasteiger partial charge in [0.1, 0.15) is 0 Å². The number of hydrogen-bond donors (Lipinski definition) is 0. The fraction of sp³-hybridized carbons (Fsp3) is 0.650. The number of rotatable bonds is 9. The van der Waals surface area contributed by atoms with Gasteiger partial charge in [-0.05, 0) is 43.7 Å². The Morgan fingerprint density at radius 2 is 1.55 bits per heavy atom. The van der Waals surface area contributed by atoms with Crippen molar-refractivity contribution in [2.24, 2.45) is 11.8 Å². The van der Waals surface area contributed by atoms with Crippen LogP contribution in [0.1, 0.15) is 71.1 Å². The largest absolute Gasteiger partial charge is 0.386 e. The zero-order valence-electron chi connectivity index (χ0n) is 16.7. The predicted molar refractivity (Wildman–Crippen MR) is 115 cm³/mol. The first-order valence-corrected chi connectivity index (χ1v) is 10.5. The van der Waals surface area contributed by atoms with Crippen molar-refractivity contribution in [1.82, 2.24) is 0 Å². The molecule has 2 nitrogen and oxygen atoms in total. The van der Waals surface area contributed by atoms with Gasteiger partial charge < -0.3 is 4.18 Å². The standard InChI is InChI=1S/C20H29ClO2S.5FH/c1-2-3-4-5-6-9-16-12-14-17(15-13-16)20(22)23-24-19-11-8-7-10-18(19)21;;;;;/h7-8,10-11,16-17H,2-6,9,12-15H2,1H3;5*1H. The second-order valence-electron chi connectivity index (χ2n) is 6.84. The van der Waals surface area contributed by atoms with Crippen molar-refractivity contribution in [2.45, 2.75) is 76.0 Å². The van der Waals surface area contributed by atoms with Crippen molar-refractivity contribution in [3.05, 3.63) is 29.3 Å².